The average molecular weight is 761 g/mol. The number of carbonyl (C=O) groups is 5. The highest BCUT2D eigenvalue weighted by Gasteiger charge is 2.52. The molecule has 2 aliphatic heterocycles. The molecule has 11 atom stereocenters. The van der Waals surface area contributed by atoms with Crippen molar-refractivity contribution in [2.24, 2.45) is 0 Å². The Bertz CT molecular complexity index is 1650. The average Bonchev–Trinajstić information content (AvgIpc) is 3.45. The first kappa shape index (κ1) is 40.5. The molecule has 19 nitrogen and oxygen atoms in total. The molecule has 0 spiro atoms. The monoisotopic (exact) mass is 760 g/mol. The summed E-state index contributed by atoms with van der Waals surface area (Å²) in [7, 11) is 0. The summed E-state index contributed by atoms with van der Waals surface area (Å²) in [6.45, 7) is 0.473. The molecule has 0 saturated carbocycles. The minimum atomic E-state index is -1.79. The summed E-state index contributed by atoms with van der Waals surface area (Å²) in [5.74, 6) is -4.24. The van der Waals surface area contributed by atoms with E-state index in [0.29, 0.717) is 0 Å². The number of benzene rings is 2. The molecular weight excluding hydrogens is 716 g/mol. The maximum absolute atomic E-state index is 13.2. The van der Waals surface area contributed by atoms with Crippen LogP contribution in [0.2, 0.25) is 0 Å². The fraction of sp³-hybridized carbons (Fsp3) is 0.514. The number of amides is 4. The van der Waals surface area contributed by atoms with Gasteiger partial charge in [0.1, 0.15) is 61.4 Å². The van der Waals surface area contributed by atoms with Gasteiger partial charge >= 0.3 is 12.1 Å². The molecule has 2 saturated heterocycles. The molecule has 10 N–H and O–H groups in total. The highest BCUT2D eigenvalue weighted by atomic mass is 16.7. The third-order valence-corrected chi connectivity index (χ3v) is 9.44. The van der Waals surface area contributed by atoms with Crippen LogP contribution in [0, 0.1) is 0 Å². The summed E-state index contributed by atoms with van der Waals surface area (Å²) in [4.78, 5) is 62.2. The van der Waals surface area contributed by atoms with Crippen LogP contribution in [0.4, 0.5) is 4.79 Å². The standard InChI is InChI=1S/C35H44N4O15/c1-15(42)36-26-30(47)31(54-34-27(37-16(2)43)29(46)28(45)23(12-40)53-34)24(13-41)52-32(26)39-25(44)11-22(33(48)49)38-35(50)51-14-21-19-9-5-3-7-17(19)18-8-4-6-10-20(18)21/h3-10,21-24,26-32,34,40-41,45-47H,11-14H2,1-2H3,(H,36,42)(H,37,43)(H,38,50)(H,39,44)(H,48,49). The zero-order valence-electron chi connectivity index (χ0n) is 29.2. The molecule has 0 aromatic heterocycles. The maximum Gasteiger partial charge on any atom is 0.407 e. The molecule has 4 amide bonds. The first-order chi connectivity index (χ1) is 25.7. The number of ether oxygens (including phenoxy) is 4. The largest absolute Gasteiger partial charge is 0.480 e. The van der Waals surface area contributed by atoms with Crippen LogP contribution in [0.25, 0.3) is 11.1 Å². The third kappa shape index (κ3) is 8.96. The van der Waals surface area contributed by atoms with E-state index in [1.807, 2.05) is 48.5 Å². The van der Waals surface area contributed by atoms with Crippen LogP contribution in [0.5, 0.6) is 0 Å². The van der Waals surface area contributed by atoms with E-state index < -0.39 is 117 Å². The second-order valence-corrected chi connectivity index (χ2v) is 13.2. The van der Waals surface area contributed by atoms with Crippen molar-refractivity contribution in [2.45, 2.75) is 93.5 Å². The van der Waals surface area contributed by atoms with Crippen LogP contribution in [0.15, 0.2) is 48.5 Å². The number of nitrogens with one attached hydrogen (secondary N) is 4. The molecule has 2 aromatic rings. The first-order valence-electron chi connectivity index (χ1n) is 17.1. The number of alkyl carbamates (subject to hydrolysis) is 1. The maximum atomic E-state index is 13.2. The fourth-order valence-corrected chi connectivity index (χ4v) is 6.92. The van der Waals surface area contributed by atoms with Crippen molar-refractivity contribution in [1.82, 2.24) is 21.3 Å². The first-order valence-corrected chi connectivity index (χ1v) is 17.1. The molecule has 294 valence electrons. The van der Waals surface area contributed by atoms with Crippen molar-refractivity contribution >= 4 is 29.8 Å². The number of carbonyl (C=O) groups excluding carboxylic acids is 4. The quantitative estimate of drug-likeness (QED) is 0.100. The minimum absolute atomic E-state index is 0.117. The summed E-state index contributed by atoms with van der Waals surface area (Å²) in [6, 6.07) is 10.5. The Morgan fingerprint density at radius 3 is 1.89 bits per heavy atom. The number of aliphatic hydroxyl groups excluding tert-OH is 5. The van der Waals surface area contributed by atoms with Gasteiger partial charge in [0.2, 0.25) is 17.7 Å². The van der Waals surface area contributed by atoms with E-state index in [1.54, 1.807) is 0 Å². The lowest BCUT2D eigenvalue weighted by atomic mass is 9.94. The zero-order valence-corrected chi connectivity index (χ0v) is 29.2. The highest BCUT2D eigenvalue weighted by molar-refractivity contribution is 5.87. The Labute approximate surface area is 308 Å². The van der Waals surface area contributed by atoms with Gasteiger partial charge in [0.25, 0.3) is 0 Å². The van der Waals surface area contributed by atoms with Gasteiger partial charge < -0.3 is 70.9 Å². The zero-order chi connectivity index (χ0) is 39.3. The summed E-state index contributed by atoms with van der Waals surface area (Å²) in [5.41, 5.74) is 3.84. The van der Waals surface area contributed by atoms with E-state index in [1.165, 1.54) is 0 Å². The van der Waals surface area contributed by atoms with Crippen molar-refractivity contribution in [2.75, 3.05) is 19.8 Å². The van der Waals surface area contributed by atoms with Gasteiger partial charge in [-0.3, -0.25) is 14.4 Å². The topological polar surface area (TPSA) is 292 Å². The van der Waals surface area contributed by atoms with Crippen LogP contribution >= 0.6 is 0 Å². The van der Waals surface area contributed by atoms with Gasteiger partial charge in [0.15, 0.2) is 12.5 Å². The normalized spacial score (nSPS) is 29.5. The minimum Gasteiger partial charge on any atom is -0.480 e. The molecule has 11 unspecified atom stereocenters. The van der Waals surface area contributed by atoms with Gasteiger partial charge in [-0.1, -0.05) is 48.5 Å². The summed E-state index contributed by atoms with van der Waals surface area (Å²) in [5, 5.41) is 71.4. The SMILES string of the molecule is CC(=O)NC1C(NC(=O)CC(NC(=O)OCC2c3ccccc3-c3ccccc32)C(=O)O)OC(CO)C(OC2OC(CO)C(O)C(O)C2NC(C)=O)C1O. The van der Waals surface area contributed by atoms with Gasteiger partial charge in [-0.2, -0.15) is 0 Å². The van der Waals surface area contributed by atoms with Crippen molar-refractivity contribution in [3.8, 4) is 11.1 Å². The smallest absolute Gasteiger partial charge is 0.407 e. The Morgan fingerprint density at radius 2 is 1.33 bits per heavy atom. The molecule has 2 aromatic carbocycles. The van der Waals surface area contributed by atoms with Crippen molar-refractivity contribution in [3.05, 3.63) is 59.7 Å². The number of hydrogen-bond acceptors (Lipinski definition) is 14. The molecule has 1 aliphatic carbocycles. The Kier molecular flexibility index (Phi) is 13.2. The van der Waals surface area contributed by atoms with Crippen molar-refractivity contribution in [3.63, 3.8) is 0 Å². The van der Waals surface area contributed by atoms with E-state index in [9.17, 15) is 54.6 Å². The number of carboxylic acids is 1. The van der Waals surface area contributed by atoms with E-state index in [4.69, 9.17) is 18.9 Å². The summed E-state index contributed by atoms with van der Waals surface area (Å²) < 4.78 is 22.6. The number of aliphatic hydroxyl groups is 5. The van der Waals surface area contributed by atoms with Gasteiger partial charge in [-0.25, -0.2) is 9.59 Å². The number of carboxylic acid groups (broad SMARTS) is 1. The Morgan fingerprint density at radius 1 is 0.759 bits per heavy atom. The predicted octanol–water partition coefficient (Wildman–Crippen LogP) is -2.60. The predicted molar refractivity (Wildman–Crippen MR) is 182 cm³/mol. The molecule has 5 rings (SSSR count). The molecule has 3 aliphatic rings. The lowest BCUT2D eigenvalue weighted by Gasteiger charge is -2.48. The van der Waals surface area contributed by atoms with Crippen LogP contribution in [0.3, 0.4) is 0 Å². The number of rotatable bonds is 13. The van der Waals surface area contributed by atoms with Crippen LogP contribution in [0.1, 0.15) is 37.3 Å². The highest BCUT2D eigenvalue weighted by Crippen LogP contribution is 2.44. The lowest BCUT2D eigenvalue weighted by Crippen LogP contribution is -2.71. The molecular formula is C35H44N4O15. The lowest BCUT2D eigenvalue weighted by molar-refractivity contribution is -0.315. The Balaban J connectivity index is 1.24. The number of hydrogen-bond donors (Lipinski definition) is 10. The molecule has 2 fully saturated rings. The van der Waals surface area contributed by atoms with E-state index in [0.717, 1.165) is 36.1 Å². The second kappa shape index (κ2) is 17.6. The van der Waals surface area contributed by atoms with Crippen LogP contribution in [-0.4, -0.2) is 148 Å². The van der Waals surface area contributed by atoms with Gasteiger partial charge in [-0.05, 0) is 22.3 Å². The number of fused-ring (bicyclic) bond motifs is 3. The van der Waals surface area contributed by atoms with Gasteiger partial charge in [-0.15, -0.1) is 0 Å². The fourth-order valence-electron chi connectivity index (χ4n) is 6.92. The van der Waals surface area contributed by atoms with Crippen LogP contribution in [-0.2, 0) is 38.1 Å². The van der Waals surface area contributed by atoms with Gasteiger partial charge in [0.05, 0.1) is 19.6 Å². The number of aliphatic carboxylic acids is 1. The molecule has 19 heteroatoms. The summed E-state index contributed by atoms with van der Waals surface area (Å²) in [6.07, 6.45) is -14.7. The molecule has 54 heavy (non-hydrogen) atoms. The van der Waals surface area contributed by atoms with Crippen molar-refractivity contribution < 1.29 is 73.6 Å². The molecule has 0 radical (unpaired) electrons. The Hall–Kier alpha value is -4.73. The molecule has 2 heterocycles. The van der Waals surface area contributed by atoms with Crippen molar-refractivity contribution in [1.29, 1.82) is 0 Å². The van der Waals surface area contributed by atoms with E-state index in [-0.39, 0.29) is 12.5 Å². The molecule has 0 bridgehead atoms. The third-order valence-electron chi connectivity index (χ3n) is 9.44. The van der Waals surface area contributed by atoms with E-state index >= 15 is 0 Å². The second-order valence-electron chi connectivity index (χ2n) is 13.2. The van der Waals surface area contributed by atoms with Crippen LogP contribution < -0.4 is 21.3 Å². The van der Waals surface area contributed by atoms with E-state index in [2.05, 4.69) is 21.3 Å². The van der Waals surface area contributed by atoms with Gasteiger partial charge in [0, 0.05) is 19.8 Å². The summed E-state index contributed by atoms with van der Waals surface area (Å²) >= 11 is 0.